The predicted molar refractivity (Wildman–Crippen MR) is 138 cm³/mol. The summed E-state index contributed by atoms with van der Waals surface area (Å²) >= 11 is 0. The number of hydrogen-bond donors (Lipinski definition) is 1. The molecule has 9 nitrogen and oxygen atoms in total. The fraction of sp³-hybridized carbons (Fsp3) is 0.556. The quantitative estimate of drug-likeness (QED) is 0.536. The molecule has 1 atom stereocenters. The number of anilines is 2. The van der Waals surface area contributed by atoms with Crippen molar-refractivity contribution in [3.05, 3.63) is 35.8 Å². The number of nitrogens with one attached hydrogen (secondary N) is 1. The van der Waals surface area contributed by atoms with Crippen molar-refractivity contribution in [2.45, 2.75) is 38.1 Å². The second kappa shape index (κ2) is 12.1. The first-order chi connectivity index (χ1) is 19.2. The number of carbonyl (C=O) groups is 1. The van der Waals surface area contributed by atoms with Gasteiger partial charge in [-0.15, -0.1) is 0 Å². The molecule has 1 N–H and O–H groups in total. The van der Waals surface area contributed by atoms with Crippen LogP contribution in [0.15, 0.2) is 24.4 Å². The smallest absolute Gasteiger partial charge is 0.416 e. The maximum Gasteiger partial charge on any atom is 0.416 e. The number of carbonyl (C=O) groups excluding carboxylic acids is 1. The van der Waals surface area contributed by atoms with Gasteiger partial charge in [0.2, 0.25) is 5.88 Å². The zero-order chi connectivity index (χ0) is 28.3. The molecule has 0 aliphatic carbocycles. The monoisotopic (exact) mass is 568 g/mol. The summed E-state index contributed by atoms with van der Waals surface area (Å²) in [6.07, 6.45) is -3.54. The van der Waals surface area contributed by atoms with Gasteiger partial charge in [-0.2, -0.15) is 13.2 Å². The molecule has 218 valence electrons. The van der Waals surface area contributed by atoms with Gasteiger partial charge in [0.15, 0.2) is 6.10 Å². The van der Waals surface area contributed by atoms with Crippen molar-refractivity contribution in [1.29, 1.82) is 0 Å². The van der Waals surface area contributed by atoms with Crippen molar-refractivity contribution in [3.63, 3.8) is 0 Å². The van der Waals surface area contributed by atoms with E-state index in [0.29, 0.717) is 62.1 Å². The number of amides is 2. The average molecular weight is 569 g/mol. The van der Waals surface area contributed by atoms with Crippen LogP contribution < -0.4 is 15.0 Å². The van der Waals surface area contributed by atoms with Gasteiger partial charge in [0.25, 0.3) is 0 Å². The molecular weight excluding hydrogens is 536 g/mol. The van der Waals surface area contributed by atoms with Gasteiger partial charge < -0.3 is 34.1 Å². The third-order valence-corrected chi connectivity index (χ3v) is 7.22. The lowest BCUT2D eigenvalue weighted by molar-refractivity contribution is -0.233. The van der Waals surface area contributed by atoms with Crippen LogP contribution in [-0.4, -0.2) is 93.5 Å². The van der Waals surface area contributed by atoms with E-state index in [9.17, 15) is 22.4 Å². The number of benzene rings is 1. The van der Waals surface area contributed by atoms with Crippen LogP contribution in [0.1, 0.15) is 18.4 Å². The molecule has 13 heteroatoms. The Labute approximate surface area is 229 Å². The highest BCUT2D eigenvalue weighted by Crippen LogP contribution is 2.36. The fourth-order valence-electron chi connectivity index (χ4n) is 4.97. The summed E-state index contributed by atoms with van der Waals surface area (Å²) in [6.45, 7) is 4.43. The minimum absolute atomic E-state index is 0.0154. The van der Waals surface area contributed by atoms with Crippen molar-refractivity contribution >= 4 is 17.4 Å². The summed E-state index contributed by atoms with van der Waals surface area (Å²) in [5.41, 5.74) is 2.54. The first-order valence-corrected chi connectivity index (χ1v) is 13.3. The van der Waals surface area contributed by atoms with E-state index in [-0.39, 0.29) is 24.9 Å². The van der Waals surface area contributed by atoms with Crippen molar-refractivity contribution in [3.8, 4) is 17.0 Å². The lowest BCUT2D eigenvalue weighted by Crippen LogP contribution is -2.52. The normalized spacial score (nSPS) is 20.9. The highest BCUT2D eigenvalue weighted by atomic mass is 19.4. The minimum Gasteiger partial charge on any atom is -0.473 e. The molecule has 1 aromatic carbocycles. The number of halogens is 4. The molecule has 0 radical (unpaired) electrons. The Kier molecular flexibility index (Phi) is 8.62. The van der Waals surface area contributed by atoms with Crippen molar-refractivity contribution in [2.24, 2.45) is 0 Å². The van der Waals surface area contributed by atoms with Crippen LogP contribution in [0.4, 0.5) is 33.7 Å². The highest BCUT2D eigenvalue weighted by molar-refractivity contribution is 5.91. The lowest BCUT2D eigenvalue weighted by atomic mass is 10.00. The Morgan fingerprint density at radius 1 is 1.05 bits per heavy atom. The Hall–Kier alpha value is -3.16. The van der Waals surface area contributed by atoms with Gasteiger partial charge in [0.05, 0.1) is 45.3 Å². The largest absolute Gasteiger partial charge is 0.473 e. The van der Waals surface area contributed by atoms with Crippen molar-refractivity contribution < 1.29 is 41.3 Å². The third-order valence-electron chi connectivity index (χ3n) is 7.22. The van der Waals surface area contributed by atoms with E-state index in [2.05, 4.69) is 15.2 Å². The topological polar surface area (TPSA) is 85.4 Å². The molecule has 2 aromatic rings. The number of morpholine rings is 2. The molecule has 0 spiro atoms. The first-order valence-electron chi connectivity index (χ1n) is 13.3. The van der Waals surface area contributed by atoms with Gasteiger partial charge in [-0.25, -0.2) is 14.2 Å². The molecule has 3 saturated heterocycles. The van der Waals surface area contributed by atoms with E-state index in [0.717, 1.165) is 23.4 Å². The van der Waals surface area contributed by atoms with E-state index in [1.165, 1.54) is 12.1 Å². The SMILES string of the molecule is Cc1cc(F)c(NC(=O)N2CCO[C@H](C(F)(F)F)C2)cc1-c1cnc(OC2CCOCC2)c(N2CCOCC2)c1. The lowest BCUT2D eigenvalue weighted by Gasteiger charge is -2.33. The number of aromatic nitrogens is 1. The molecule has 0 bridgehead atoms. The molecule has 3 fully saturated rings. The summed E-state index contributed by atoms with van der Waals surface area (Å²) in [6, 6.07) is 3.85. The van der Waals surface area contributed by atoms with Gasteiger partial charge in [-0.1, -0.05) is 0 Å². The number of ether oxygens (including phenoxy) is 4. The summed E-state index contributed by atoms with van der Waals surface area (Å²) in [4.78, 5) is 20.5. The summed E-state index contributed by atoms with van der Waals surface area (Å²) < 4.78 is 76.2. The molecule has 0 unspecified atom stereocenters. The van der Waals surface area contributed by atoms with E-state index in [1.54, 1.807) is 13.1 Å². The first kappa shape index (κ1) is 28.4. The van der Waals surface area contributed by atoms with E-state index in [4.69, 9.17) is 18.9 Å². The minimum atomic E-state index is -4.60. The van der Waals surface area contributed by atoms with Crippen LogP contribution in [0.2, 0.25) is 0 Å². The number of aryl methyl sites for hydroxylation is 1. The van der Waals surface area contributed by atoms with Gasteiger partial charge in [0.1, 0.15) is 17.6 Å². The zero-order valence-electron chi connectivity index (χ0n) is 22.1. The number of hydrogen-bond acceptors (Lipinski definition) is 7. The van der Waals surface area contributed by atoms with Crippen LogP contribution in [-0.2, 0) is 14.2 Å². The maximum absolute atomic E-state index is 14.9. The van der Waals surface area contributed by atoms with Crippen LogP contribution in [0.3, 0.4) is 0 Å². The van der Waals surface area contributed by atoms with Gasteiger partial charge >= 0.3 is 12.2 Å². The fourth-order valence-corrected chi connectivity index (χ4v) is 4.97. The Morgan fingerprint density at radius 3 is 2.50 bits per heavy atom. The Morgan fingerprint density at radius 2 is 1.77 bits per heavy atom. The summed E-state index contributed by atoms with van der Waals surface area (Å²) in [5.74, 6) is -0.201. The standard InChI is InChI=1S/C27H32F4N4O5/c1-17-12-21(28)22(33-26(36)35-6-11-39-24(16-35)27(29,30)31)14-20(17)18-13-23(34-4-9-38-10-5-34)25(32-15-18)40-19-2-7-37-8-3-19/h12-15,19,24H,2-11,16H2,1H3,(H,33,36)/t24-/m0/s1. The summed E-state index contributed by atoms with van der Waals surface area (Å²) in [7, 11) is 0. The van der Waals surface area contributed by atoms with E-state index >= 15 is 0 Å². The number of rotatable bonds is 5. The molecule has 2 amide bonds. The molecule has 3 aliphatic heterocycles. The molecule has 3 aliphatic rings. The van der Waals surface area contributed by atoms with Crippen LogP contribution in [0, 0.1) is 12.7 Å². The second-order valence-corrected chi connectivity index (χ2v) is 10.0. The van der Waals surface area contributed by atoms with Crippen LogP contribution in [0.25, 0.3) is 11.1 Å². The number of urea groups is 1. The molecule has 4 heterocycles. The number of pyridine rings is 1. The van der Waals surface area contributed by atoms with Crippen molar-refractivity contribution in [1.82, 2.24) is 9.88 Å². The second-order valence-electron chi connectivity index (χ2n) is 10.0. The predicted octanol–water partition coefficient (Wildman–Crippen LogP) is 4.39. The maximum atomic E-state index is 14.9. The van der Waals surface area contributed by atoms with Crippen LogP contribution >= 0.6 is 0 Å². The Bertz CT molecular complexity index is 1200. The number of alkyl halides is 3. The van der Waals surface area contributed by atoms with E-state index < -0.39 is 30.7 Å². The van der Waals surface area contributed by atoms with Gasteiger partial charge in [0, 0.05) is 44.2 Å². The molecule has 0 saturated carbocycles. The van der Waals surface area contributed by atoms with Crippen molar-refractivity contribution in [2.75, 3.05) is 69.4 Å². The summed E-state index contributed by atoms with van der Waals surface area (Å²) in [5, 5.41) is 2.44. The zero-order valence-corrected chi connectivity index (χ0v) is 22.1. The highest BCUT2D eigenvalue weighted by Gasteiger charge is 2.44. The average Bonchev–Trinajstić information content (AvgIpc) is 2.95. The van der Waals surface area contributed by atoms with Gasteiger partial charge in [-0.3, -0.25) is 0 Å². The molecular formula is C27H32F4N4O5. The molecule has 1 aromatic heterocycles. The van der Waals surface area contributed by atoms with Crippen LogP contribution in [0.5, 0.6) is 5.88 Å². The molecule has 40 heavy (non-hydrogen) atoms. The molecule has 5 rings (SSSR count). The third kappa shape index (κ3) is 6.58. The number of nitrogens with zero attached hydrogens (tertiary/aromatic N) is 3. The van der Waals surface area contributed by atoms with Gasteiger partial charge in [-0.05, 0) is 36.2 Å². The van der Waals surface area contributed by atoms with E-state index in [1.807, 2.05) is 6.07 Å². The Balaban J connectivity index is 1.40.